The van der Waals surface area contributed by atoms with Crippen LogP contribution in [-0.2, 0) is 9.84 Å². The number of halogens is 3. The zero-order valence-corrected chi connectivity index (χ0v) is 12.1. The molecule has 4 nitrogen and oxygen atoms in total. The summed E-state index contributed by atoms with van der Waals surface area (Å²) in [6.07, 6.45) is 2.40. The van der Waals surface area contributed by atoms with Crippen molar-refractivity contribution in [2.24, 2.45) is 5.73 Å². The maximum Gasteiger partial charge on any atom is 0.202 e. The molecule has 104 valence electrons. The molecule has 0 aliphatic rings. The van der Waals surface area contributed by atoms with E-state index < -0.39 is 21.4 Å². The van der Waals surface area contributed by atoms with Crippen molar-refractivity contribution in [2.45, 2.75) is 11.9 Å². The summed E-state index contributed by atoms with van der Waals surface area (Å²) in [6.45, 7) is 1.59. The molecule has 0 spiro atoms. The summed E-state index contributed by atoms with van der Waals surface area (Å²) in [5.74, 6) is -1.45. The number of aryl methyl sites for hydroxylation is 1. The van der Waals surface area contributed by atoms with E-state index in [1.165, 1.54) is 6.20 Å². The molecule has 2 N–H and O–H groups in total. The van der Waals surface area contributed by atoms with E-state index >= 15 is 0 Å². The van der Waals surface area contributed by atoms with Crippen LogP contribution in [0.4, 0.5) is 4.39 Å². The number of pyridine rings is 1. The maximum atomic E-state index is 13.1. The van der Waals surface area contributed by atoms with E-state index in [1.54, 1.807) is 19.1 Å². The Morgan fingerprint density at radius 2 is 2.11 bits per heavy atom. The van der Waals surface area contributed by atoms with E-state index in [1.807, 2.05) is 0 Å². The zero-order chi connectivity index (χ0) is 12.2. The van der Waals surface area contributed by atoms with Gasteiger partial charge in [-0.3, -0.25) is 0 Å². The lowest BCUT2D eigenvalue weighted by Gasteiger charge is -2.04. The monoisotopic (exact) mass is 316 g/mol. The van der Waals surface area contributed by atoms with Crippen LogP contribution in [0, 0.1) is 6.92 Å². The van der Waals surface area contributed by atoms with Gasteiger partial charge in [-0.1, -0.05) is 6.07 Å². The minimum Gasteiger partial charge on any atom is -0.327 e. The molecule has 0 fully saturated rings. The fourth-order valence-corrected chi connectivity index (χ4v) is 2.63. The first kappa shape index (κ1) is 19.6. The smallest absolute Gasteiger partial charge is 0.202 e. The van der Waals surface area contributed by atoms with Crippen LogP contribution in [0.1, 0.15) is 5.56 Å². The van der Waals surface area contributed by atoms with Crippen molar-refractivity contribution in [3.05, 3.63) is 35.8 Å². The Balaban J connectivity index is 0. The molecule has 0 radical (unpaired) electrons. The van der Waals surface area contributed by atoms with Gasteiger partial charge in [0, 0.05) is 12.7 Å². The van der Waals surface area contributed by atoms with Gasteiger partial charge in [0.25, 0.3) is 0 Å². The van der Waals surface area contributed by atoms with E-state index in [0.29, 0.717) is 5.56 Å². The van der Waals surface area contributed by atoms with Crippen LogP contribution in [0.5, 0.6) is 0 Å². The summed E-state index contributed by atoms with van der Waals surface area (Å²) >= 11 is 0. The molecule has 0 aliphatic carbocycles. The molecule has 1 aromatic rings. The van der Waals surface area contributed by atoms with Gasteiger partial charge in [-0.15, -0.1) is 24.8 Å². The summed E-state index contributed by atoms with van der Waals surface area (Å²) in [5, 5.41) is -0.0874. The SMILES string of the molecule is Cc1cccnc1S(=O)(=O)C/C(F)=C/CN.Cl.Cl. The predicted molar refractivity (Wildman–Crippen MR) is 73.8 cm³/mol. The quantitative estimate of drug-likeness (QED) is 0.919. The number of hydrogen-bond donors (Lipinski definition) is 1. The Bertz CT molecular complexity index is 506. The molecule has 0 aromatic carbocycles. The highest BCUT2D eigenvalue weighted by atomic mass is 35.5. The summed E-state index contributed by atoms with van der Waals surface area (Å²) in [7, 11) is -3.72. The molecule has 0 saturated carbocycles. The molecule has 18 heavy (non-hydrogen) atoms. The average molecular weight is 317 g/mol. The van der Waals surface area contributed by atoms with Crippen LogP contribution in [0.15, 0.2) is 35.3 Å². The molecule has 8 heteroatoms. The molecule has 0 bridgehead atoms. The largest absolute Gasteiger partial charge is 0.327 e. The number of rotatable bonds is 4. The second-order valence-electron chi connectivity index (χ2n) is 3.27. The fraction of sp³-hybridized carbons (Fsp3) is 0.300. The Kier molecular flexibility index (Phi) is 9.19. The van der Waals surface area contributed by atoms with E-state index in [9.17, 15) is 12.8 Å². The lowest BCUT2D eigenvalue weighted by atomic mass is 10.3. The van der Waals surface area contributed by atoms with Gasteiger partial charge in [0.1, 0.15) is 11.6 Å². The predicted octanol–water partition coefficient (Wildman–Crippen LogP) is 1.82. The van der Waals surface area contributed by atoms with Crippen molar-refractivity contribution >= 4 is 34.7 Å². The van der Waals surface area contributed by atoms with E-state index in [2.05, 4.69) is 4.98 Å². The molecule has 0 unspecified atom stereocenters. The minimum atomic E-state index is -3.72. The normalized spacial score (nSPS) is 11.4. The molecule has 1 rings (SSSR count). The van der Waals surface area contributed by atoms with E-state index in [-0.39, 0.29) is 36.4 Å². The summed E-state index contributed by atoms with van der Waals surface area (Å²) in [4.78, 5) is 3.75. The van der Waals surface area contributed by atoms with Crippen molar-refractivity contribution in [3.63, 3.8) is 0 Å². The molecule has 0 atom stereocenters. The maximum absolute atomic E-state index is 13.1. The van der Waals surface area contributed by atoms with Crippen molar-refractivity contribution in [1.29, 1.82) is 0 Å². The van der Waals surface area contributed by atoms with Crippen molar-refractivity contribution in [3.8, 4) is 0 Å². The molecule has 0 aliphatic heterocycles. The zero-order valence-electron chi connectivity index (χ0n) is 9.67. The first-order chi connectivity index (χ1) is 7.47. The molecule has 1 aromatic heterocycles. The van der Waals surface area contributed by atoms with E-state index in [0.717, 1.165) is 6.08 Å². The van der Waals surface area contributed by atoms with Gasteiger partial charge in [0.2, 0.25) is 9.84 Å². The van der Waals surface area contributed by atoms with Crippen LogP contribution < -0.4 is 5.73 Å². The molecule has 0 amide bonds. The minimum absolute atomic E-state index is 0. The first-order valence-electron chi connectivity index (χ1n) is 4.66. The Morgan fingerprint density at radius 3 is 2.61 bits per heavy atom. The van der Waals surface area contributed by atoms with Gasteiger partial charge in [0.05, 0.1) is 0 Å². The lowest BCUT2D eigenvalue weighted by Crippen LogP contribution is -2.11. The fourth-order valence-electron chi connectivity index (χ4n) is 1.23. The van der Waals surface area contributed by atoms with Gasteiger partial charge in [-0.25, -0.2) is 17.8 Å². The number of nitrogens with zero attached hydrogens (tertiary/aromatic N) is 1. The third-order valence-electron chi connectivity index (χ3n) is 1.92. The van der Waals surface area contributed by atoms with Crippen molar-refractivity contribution in [1.82, 2.24) is 4.98 Å². The Labute approximate surface area is 118 Å². The molecular formula is C10H15Cl2FN2O2S. The van der Waals surface area contributed by atoms with Gasteiger partial charge in [-0.05, 0) is 24.6 Å². The highest BCUT2D eigenvalue weighted by Crippen LogP contribution is 2.15. The van der Waals surface area contributed by atoms with Gasteiger partial charge >= 0.3 is 0 Å². The Morgan fingerprint density at radius 1 is 1.50 bits per heavy atom. The Hall–Kier alpha value is -0.690. The first-order valence-corrected chi connectivity index (χ1v) is 6.31. The second kappa shape index (κ2) is 8.42. The third-order valence-corrected chi connectivity index (χ3v) is 3.60. The number of nitrogens with two attached hydrogens (primary N) is 1. The van der Waals surface area contributed by atoms with E-state index in [4.69, 9.17) is 5.73 Å². The number of hydrogen-bond acceptors (Lipinski definition) is 4. The molecular weight excluding hydrogens is 302 g/mol. The molecule has 1 heterocycles. The lowest BCUT2D eigenvalue weighted by molar-refractivity contribution is 0.579. The third kappa shape index (κ3) is 5.30. The highest BCUT2D eigenvalue weighted by Gasteiger charge is 2.20. The van der Waals surface area contributed by atoms with Gasteiger partial charge < -0.3 is 5.73 Å². The van der Waals surface area contributed by atoms with Crippen LogP contribution in [0.2, 0.25) is 0 Å². The van der Waals surface area contributed by atoms with Crippen LogP contribution in [0.25, 0.3) is 0 Å². The van der Waals surface area contributed by atoms with Crippen LogP contribution >= 0.6 is 24.8 Å². The highest BCUT2D eigenvalue weighted by molar-refractivity contribution is 7.91. The van der Waals surface area contributed by atoms with Crippen LogP contribution in [0.3, 0.4) is 0 Å². The standard InChI is InChI=1S/C10H13FN2O2S.2ClH/c1-8-3-2-6-13-10(8)16(14,15)7-9(11)4-5-12;;/h2-4,6H,5,7,12H2,1H3;2*1H/b9-4-;;. The van der Waals surface area contributed by atoms with Crippen molar-refractivity contribution in [2.75, 3.05) is 12.3 Å². The number of sulfone groups is 1. The van der Waals surface area contributed by atoms with Crippen molar-refractivity contribution < 1.29 is 12.8 Å². The summed E-state index contributed by atoms with van der Waals surface area (Å²) in [6, 6.07) is 3.24. The molecule has 0 saturated heterocycles. The summed E-state index contributed by atoms with van der Waals surface area (Å²) < 4.78 is 36.6. The van der Waals surface area contributed by atoms with Gasteiger partial charge in [0.15, 0.2) is 5.03 Å². The van der Waals surface area contributed by atoms with Gasteiger partial charge in [-0.2, -0.15) is 0 Å². The van der Waals surface area contributed by atoms with Crippen LogP contribution in [-0.4, -0.2) is 25.7 Å². The summed E-state index contributed by atoms with van der Waals surface area (Å²) in [5.41, 5.74) is 5.59. The number of aromatic nitrogens is 1. The average Bonchev–Trinajstić information content (AvgIpc) is 2.17. The topological polar surface area (TPSA) is 73.0 Å². The second-order valence-corrected chi connectivity index (χ2v) is 5.18.